The Kier molecular flexibility index (Phi) is 4.15. The molecule has 0 aliphatic carbocycles. The molecule has 0 bridgehead atoms. The zero-order valence-corrected chi connectivity index (χ0v) is 14.2. The number of benzene rings is 2. The van der Waals surface area contributed by atoms with Crippen molar-refractivity contribution in [2.24, 2.45) is 0 Å². The Bertz CT molecular complexity index is 758. The van der Waals surface area contributed by atoms with Gasteiger partial charge in [-0.3, -0.25) is 9.59 Å². The van der Waals surface area contributed by atoms with E-state index in [1.165, 1.54) is 5.56 Å². The number of carbonyl (C=O) groups excluding carboxylic acids is 2. The molecule has 2 aromatic carbocycles. The van der Waals surface area contributed by atoms with E-state index in [0.717, 1.165) is 20.5 Å². The van der Waals surface area contributed by atoms with Gasteiger partial charge in [-0.05, 0) is 58.8 Å². The molecule has 22 heavy (non-hydrogen) atoms. The molecule has 0 fully saturated rings. The van der Waals surface area contributed by atoms with E-state index in [0.29, 0.717) is 0 Å². The van der Waals surface area contributed by atoms with Crippen molar-refractivity contribution >= 4 is 45.8 Å². The van der Waals surface area contributed by atoms with Crippen molar-refractivity contribution in [1.29, 1.82) is 0 Å². The Morgan fingerprint density at radius 2 is 2.05 bits per heavy atom. The lowest BCUT2D eigenvalue weighted by Gasteiger charge is -2.24. The van der Waals surface area contributed by atoms with Crippen molar-refractivity contribution in [2.75, 3.05) is 10.6 Å². The highest BCUT2D eigenvalue weighted by atomic mass is 127. The summed E-state index contributed by atoms with van der Waals surface area (Å²) in [6, 6.07) is 13.2. The minimum atomic E-state index is -0.455. The first kappa shape index (κ1) is 15.0. The van der Waals surface area contributed by atoms with Gasteiger partial charge < -0.3 is 10.6 Å². The number of hydrogen-bond acceptors (Lipinski definition) is 2. The van der Waals surface area contributed by atoms with Crippen molar-refractivity contribution in [1.82, 2.24) is 0 Å². The Morgan fingerprint density at radius 1 is 1.27 bits per heavy atom. The van der Waals surface area contributed by atoms with E-state index in [-0.39, 0.29) is 18.2 Å². The van der Waals surface area contributed by atoms with Crippen LogP contribution in [-0.2, 0) is 9.59 Å². The molecule has 112 valence electrons. The summed E-state index contributed by atoms with van der Waals surface area (Å²) in [6.07, 6.45) is 0.172. The van der Waals surface area contributed by atoms with Crippen LogP contribution < -0.4 is 10.6 Å². The summed E-state index contributed by atoms with van der Waals surface area (Å²) in [7, 11) is 0. The number of amides is 2. The fourth-order valence-electron chi connectivity index (χ4n) is 2.55. The number of rotatable bonds is 2. The van der Waals surface area contributed by atoms with E-state index in [1.807, 2.05) is 49.4 Å². The maximum atomic E-state index is 12.6. The molecule has 3 rings (SSSR count). The van der Waals surface area contributed by atoms with Gasteiger partial charge in [0.15, 0.2) is 0 Å². The van der Waals surface area contributed by atoms with Gasteiger partial charge in [0.1, 0.15) is 0 Å². The van der Waals surface area contributed by atoms with Gasteiger partial charge in [0.2, 0.25) is 11.8 Å². The van der Waals surface area contributed by atoms with E-state index in [1.54, 1.807) is 0 Å². The molecule has 1 aliphatic rings. The number of carbonyl (C=O) groups is 2. The largest absolute Gasteiger partial charge is 0.326 e. The summed E-state index contributed by atoms with van der Waals surface area (Å²) in [5.41, 5.74) is 3.50. The zero-order chi connectivity index (χ0) is 15.7. The van der Waals surface area contributed by atoms with E-state index in [9.17, 15) is 9.59 Å². The summed E-state index contributed by atoms with van der Waals surface area (Å²) >= 11 is 2.24. The molecule has 4 nitrogen and oxygen atoms in total. The molecule has 0 spiro atoms. The van der Waals surface area contributed by atoms with Crippen LogP contribution in [0, 0.1) is 10.5 Å². The predicted molar refractivity (Wildman–Crippen MR) is 95.0 cm³/mol. The minimum Gasteiger partial charge on any atom is -0.326 e. The van der Waals surface area contributed by atoms with Crippen LogP contribution in [0.1, 0.15) is 23.5 Å². The number of anilines is 2. The molecule has 2 N–H and O–H groups in total. The second-order valence-corrected chi connectivity index (χ2v) is 6.51. The number of halogens is 1. The van der Waals surface area contributed by atoms with Gasteiger partial charge in [-0.2, -0.15) is 0 Å². The summed E-state index contributed by atoms with van der Waals surface area (Å²) < 4.78 is 1.09. The third kappa shape index (κ3) is 2.99. The molecule has 0 radical (unpaired) electrons. The average molecular weight is 406 g/mol. The molecule has 0 unspecified atom stereocenters. The maximum Gasteiger partial charge on any atom is 0.232 e. The molecule has 0 aromatic heterocycles. The molecule has 2 amide bonds. The van der Waals surface area contributed by atoms with Crippen LogP contribution in [0.3, 0.4) is 0 Å². The molecule has 5 heteroatoms. The van der Waals surface area contributed by atoms with Gasteiger partial charge in [-0.1, -0.05) is 24.3 Å². The van der Waals surface area contributed by atoms with E-state index >= 15 is 0 Å². The quantitative estimate of drug-likeness (QED) is 0.748. The first-order valence-corrected chi connectivity index (χ1v) is 8.08. The van der Waals surface area contributed by atoms with Gasteiger partial charge in [0, 0.05) is 21.4 Å². The molecule has 1 heterocycles. The second kappa shape index (κ2) is 6.08. The summed E-state index contributed by atoms with van der Waals surface area (Å²) in [5, 5.41) is 5.72. The SMILES string of the molecule is Cc1ccc(NC(=O)[C@@H]2CC(=O)Nc3ccccc32)cc1I. The maximum absolute atomic E-state index is 12.6. The topological polar surface area (TPSA) is 58.2 Å². The normalized spacial score (nSPS) is 16.6. The third-order valence-electron chi connectivity index (χ3n) is 3.76. The molecule has 1 atom stereocenters. The number of aryl methyl sites for hydroxylation is 1. The summed E-state index contributed by atoms with van der Waals surface area (Å²) in [5.74, 6) is -0.733. The van der Waals surface area contributed by atoms with Crippen molar-refractivity contribution in [2.45, 2.75) is 19.3 Å². The average Bonchev–Trinajstić information content (AvgIpc) is 2.50. The highest BCUT2D eigenvalue weighted by Gasteiger charge is 2.30. The third-order valence-corrected chi connectivity index (χ3v) is 4.92. The standard InChI is InChI=1S/C17H15IN2O2/c1-10-6-7-11(8-14(10)18)19-17(22)13-9-16(21)20-15-5-3-2-4-12(13)15/h2-8,13H,9H2,1H3,(H,19,22)(H,20,21)/t13-/m1/s1. The van der Waals surface area contributed by atoms with Gasteiger partial charge >= 0.3 is 0 Å². The lowest BCUT2D eigenvalue weighted by atomic mass is 9.90. The Labute approximate surface area is 142 Å². The predicted octanol–water partition coefficient (Wildman–Crippen LogP) is 3.66. The van der Waals surface area contributed by atoms with Crippen molar-refractivity contribution in [3.05, 3.63) is 57.2 Å². The number of nitrogens with one attached hydrogen (secondary N) is 2. The first-order chi connectivity index (χ1) is 10.5. The van der Waals surface area contributed by atoms with Gasteiger partial charge in [0.25, 0.3) is 0 Å². The van der Waals surface area contributed by atoms with Crippen LogP contribution in [0.15, 0.2) is 42.5 Å². The smallest absolute Gasteiger partial charge is 0.232 e. The van der Waals surface area contributed by atoms with E-state index < -0.39 is 5.92 Å². The molecule has 1 aliphatic heterocycles. The van der Waals surface area contributed by atoms with Crippen molar-refractivity contribution < 1.29 is 9.59 Å². The monoisotopic (exact) mass is 406 g/mol. The van der Waals surface area contributed by atoms with Crippen LogP contribution in [0.4, 0.5) is 11.4 Å². The Hall–Kier alpha value is -1.89. The van der Waals surface area contributed by atoms with E-state index in [2.05, 4.69) is 33.2 Å². The molecule has 2 aromatic rings. The van der Waals surface area contributed by atoms with E-state index in [4.69, 9.17) is 0 Å². The number of fused-ring (bicyclic) bond motifs is 1. The van der Waals surface area contributed by atoms with Crippen LogP contribution >= 0.6 is 22.6 Å². The molecular weight excluding hydrogens is 391 g/mol. The Morgan fingerprint density at radius 3 is 2.82 bits per heavy atom. The number of para-hydroxylation sites is 1. The van der Waals surface area contributed by atoms with Gasteiger partial charge in [-0.25, -0.2) is 0 Å². The van der Waals surface area contributed by atoms with Gasteiger partial charge in [0.05, 0.1) is 5.92 Å². The fourth-order valence-corrected chi connectivity index (χ4v) is 3.06. The highest BCUT2D eigenvalue weighted by Crippen LogP contribution is 2.33. The van der Waals surface area contributed by atoms with Crippen molar-refractivity contribution in [3.63, 3.8) is 0 Å². The van der Waals surface area contributed by atoms with Gasteiger partial charge in [-0.15, -0.1) is 0 Å². The Balaban J connectivity index is 1.86. The highest BCUT2D eigenvalue weighted by molar-refractivity contribution is 14.1. The van der Waals surface area contributed by atoms with Crippen LogP contribution in [-0.4, -0.2) is 11.8 Å². The van der Waals surface area contributed by atoms with Crippen molar-refractivity contribution in [3.8, 4) is 0 Å². The van der Waals surface area contributed by atoms with Crippen LogP contribution in [0.5, 0.6) is 0 Å². The minimum absolute atomic E-state index is 0.127. The lowest BCUT2D eigenvalue weighted by molar-refractivity contribution is -0.123. The molecular formula is C17H15IN2O2. The first-order valence-electron chi connectivity index (χ1n) is 7.00. The zero-order valence-electron chi connectivity index (χ0n) is 12.0. The van der Waals surface area contributed by atoms with Crippen LogP contribution in [0.25, 0.3) is 0 Å². The fraction of sp³-hybridized carbons (Fsp3) is 0.176. The number of hydrogen-bond donors (Lipinski definition) is 2. The summed E-state index contributed by atoms with van der Waals surface area (Å²) in [6.45, 7) is 2.02. The molecule has 0 saturated heterocycles. The molecule has 0 saturated carbocycles. The van der Waals surface area contributed by atoms with Crippen LogP contribution in [0.2, 0.25) is 0 Å². The lowest BCUT2D eigenvalue weighted by Crippen LogP contribution is -2.30. The summed E-state index contributed by atoms with van der Waals surface area (Å²) in [4.78, 5) is 24.4. The second-order valence-electron chi connectivity index (χ2n) is 5.35.